The maximum Gasteiger partial charge on any atom is 0.328 e. The van der Waals surface area contributed by atoms with Gasteiger partial charge in [0, 0.05) is 5.69 Å². The number of nitrogen functional groups attached to an aromatic ring is 1. The van der Waals surface area contributed by atoms with E-state index >= 15 is 0 Å². The predicted molar refractivity (Wildman–Crippen MR) is 56.8 cm³/mol. The number of nitrogens with two attached hydrogens (primary N) is 1. The molecule has 0 spiro atoms. The van der Waals surface area contributed by atoms with E-state index in [2.05, 4.69) is 5.32 Å². The van der Waals surface area contributed by atoms with Crippen molar-refractivity contribution in [2.75, 3.05) is 12.3 Å². The van der Waals surface area contributed by atoms with Crippen LogP contribution in [0, 0.1) is 0 Å². The van der Waals surface area contributed by atoms with Gasteiger partial charge in [-0.3, -0.25) is 4.79 Å². The first-order valence-corrected chi connectivity index (χ1v) is 4.55. The third-order valence-electron chi connectivity index (χ3n) is 1.99. The van der Waals surface area contributed by atoms with Gasteiger partial charge in [0.25, 0.3) is 5.91 Å². The molecule has 86 valence electrons. The van der Waals surface area contributed by atoms with Crippen LogP contribution >= 0.6 is 0 Å². The smallest absolute Gasteiger partial charge is 0.328 e. The van der Waals surface area contributed by atoms with Gasteiger partial charge in [0.05, 0.1) is 12.2 Å². The highest BCUT2D eigenvalue weighted by Gasteiger charge is 2.20. The van der Waals surface area contributed by atoms with E-state index in [-0.39, 0.29) is 11.3 Å². The minimum absolute atomic E-state index is 0.183. The number of anilines is 1. The van der Waals surface area contributed by atoms with Gasteiger partial charge >= 0.3 is 5.97 Å². The van der Waals surface area contributed by atoms with Crippen molar-refractivity contribution in [3.8, 4) is 0 Å². The van der Waals surface area contributed by atoms with Crippen LogP contribution in [0.15, 0.2) is 24.3 Å². The number of benzene rings is 1. The number of aliphatic hydroxyl groups excluding tert-OH is 1. The third-order valence-corrected chi connectivity index (χ3v) is 1.99. The SMILES string of the molecule is Nc1ccccc1C(=O)N[C@@H](CO)C(=O)O. The second-order valence-electron chi connectivity index (χ2n) is 3.13. The lowest BCUT2D eigenvalue weighted by atomic mass is 10.1. The van der Waals surface area contributed by atoms with Crippen LogP contribution in [0.25, 0.3) is 0 Å². The summed E-state index contributed by atoms with van der Waals surface area (Å²) in [6.45, 7) is -0.673. The van der Waals surface area contributed by atoms with E-state index < -0.39 is 24.5 Å². The number of carboxylic acids is 1. The molecule has 6 heteroatoms. The van der Waals surface area contributed by atoms with Crippen LogP contribution in [0.3, 0.4) is 0 Å². The Labute approximate surface area is 91.7 Å². The molecule has 0 aliphatic rings. The molecular formula is C10H12N2O4. The molecule has 0 bridgehead atoms. The maximum absolute atomic E-state index is 11.6. The molecule has 0 aliphatic carbocycles. The molecule has 1 rings (SSSR count). The van der Waals surface area contributed by atoms with Crippen LogP contribution in [0.1, 0.15) is 10.4 Å². The number of carboxylic acid groups (broad SMARTS) is 1. The summed E-state index contributed by atoms with van der Waals surface area (Å²) >= 11 is 0. The van der Waals surface area contributed by atoms with Crippen LogP contribution in [0.5, 0.6) is 0 Å². The summed E-state index contributed by atoms with van der Waals surface area (Å²) in [7, 11) is 0. The third kappa shape index (κ3) is 2.71. The molecule has 1 amide bonds. The van der Waals surface area contributed by atoms with Crippen molar-refractivity contribution in [2.24, 2.45) is 0 Å². The molecule has 0 radical (unpaired) electrons. The zero-order valence-electron chi connectivity index (χ0n) is 8.38. The van der Waals surface area contributed by atoms with Gasteiger partial charge in [-0.15, -0.1) is 0 Å². The summed E-state index contributed by atoms with van der Waals surface area (Å²) in [6.07, 6.45) is 0. The molecule has 1 aromatic carbocycles. The van der Waals surface area contributed by atoms with E-state index in [1.165, 1.54) is 12.1 Å². The summed E-state index contributed by atoms with van der Waals surface area (Å²) < 4.78 is 0. The summed E-state index contributed by atoms with van der Waals surface area (Å²) in [5, 5.41) is 19.5. The Morgan fingerprint density at radius 3 is 2.50 bits per heavy atom. The molecule has 0 aromatic heterocycles. The second-order valence-corrected chi connectivity index (χ2v) is 3.13. The van der Waals surface area contributed by atoms with E-state index in [1.54, 1.807) is 12.1 Å². The zero-order chi connectivity index (χ0) is 12.1. The number of amides is 1. The van der Waals surface area contributed by atoms with Crippen LogP contribution in [-0.2, 0) is 4.79 Å². The van der Waals surface area contributed by atoms with E-state index in [0.717, 1.165) is 0 Å². The lowest BCUT2D eigenvalue weighted by Gasteiger charge is -2.12. The van der Waals surface area contributed by atoms with Gasteiger partial charge in [0.2, 0.25) is 0 Å². The molecule has 0 aliphatic heterocycles. The topological polar surface area (TPSA) is 113 Å². The lowest BCUT2D eigenvalue weighted by molar-refractivity contribution is -0.140. The number of rotatable bonds is 4. The highest BCUT2D eigenvalue weighted by atomic mass is 16.4. The van der Waals surface area contributed by atoms with Gasteiger partial charge in [0.1, 0.15) is 0 Å². The standard InChI is InChI=1S/C10H12N2O4/c11-7-4-2-1-3-6(7)9(14)12-8(5-13)10(15)16/h1-4,8,13H,5,11H2,(H,12,14)(H,15,16)/t8-/m0/s1. The second kappa shape index (κ2) is 5.13. The number of hydrogen-bond acceptors (Lipinski definition) is 4. The highest BCUT2D eigenvalue weighted by molar-refractivity contribution is 6.00. The van der Waals surface area contributed by atoms with Gasteiger partial charge < -0.3 is 21.3 Å². The minimum Gasteiger partial charge on any atom is -0.480 e. The zero-order valence-corrected chi connectivity index (χ0v) is 8.38. The number of para-hydroxylation sites is 1. The van der Waals surface area contributed by atoms with Gasteiger partial charge in [-0.1, -0.05) is 12.1 Å². The average molecular weight is 224 g/mol. The molecule has 16 heavy (non-hydrogen) atoms. The predicted octanol–water partition coefficient (Wildman–Crippen LogP) is -0.556. The first-order valence-electron chi connectivity index (χ1n) is 4.55. The number of nitrogens with one attached hydrogen (secondary N) is 1. The van der Waals surface area contributed by atoms with Gasteiger partial charge in [-0.2, -0.15) is 0 Å². The minimum atomic E-state index is -1.33. The first kappa shape index (κ1) is 12.0. The Morgan fingerprint density at radius 2 is 2.00 bits per heavy atom. The molecule has 5 N–H and O–H groups in total. The molecular weight excluding hydrogens is 212 g/mol. The Morgan fingerprint density at radius 1 is 1.38 bits per heavy atom. The van der Waals surface area contributed by atoms with Crippen molar-refractivity contribution >= 4 is 17.6 Å². The Hall–Kier alpha value is -2.08. The molecule has 0 saturated carbocycles. The molecule has 1 aromatic rings. The lowest BCUT2D eigenvalue weighted by Crippen LogP contribution is -2.43. The Bertz CT molecular complexity index is 406. The number of aliphatic hydroxyl groups is 1. The fraction of sp³-hybridized carbons (Fsp3) is 0.200. The van der Waals surface area contributed by atoms with Crippen molar-refractivity contribution in [1.82, 2.24) is 5.32 Å². The van der Waals surface area contributed by atoms with E-state index in [9.17, 15) is 9.59 Å². The van der Waals surface area contributed by atoms with E-state index in [1.807, 2.05) is 0 Å². The number of carbonyl (C=O) groups excluding carboxylic acids is 1. The van der Waals surface area contributed by atoms with Crippen molar-refractivity contribution in [1.29, 1.82) is 0 Å². The average Bonchev–Trinajstić information content (AvgIpc) is 2.25. The maximum atomic E-state index is 11.6. The van der Waals surface area contributed by atoms with Crippen LogP contribution in [0.4, 0.5) is 5.69 Å². The molecule has 0 heterocycles. The van der Waals surface area contributed by atoms with E-state index in [0.29, 0.717) is 0 Å². The monoisotopic (exact) mass is 224 g/mol. The fourth-order valence-electron chi connectivity index (χ4n) is 1.13. The van der Waals surface area contributed by atoms with Crippen molar-refractivity contribution in [3.05, 3.63) is 29.8 Å². The largest absolute Gasteiger partial charge is 0.480 e. The van der Waals surface area contributed by atoms with E-state index in [4.69, 9.17) is 15.9 Å². The van der Waals surface area contributed by atoms with Crippen LogP contribution in [-0.4, -0.2) is 34.7 Å². The molecule has 6 nitrogen and oxygen atoms in total. The molecule has 0 saturated heterocycles. The fourth-order valence-corrected chi connectivity index (χ4v) is 1.13. The van der Waals surface area contributed by atoms with Crippen molar-refractivity contribution < 1.29 is 19.8 Å². The Balaban J connectivity index is 2.80. The van der Waals surface area contributed by atoms with Gasteiger partial charge in [-0.25, -0.2) is 4.79 Å². The molecule has 1 atom stereocenters. The van der Waals surface area contributed by atoms with Gasteiger partial charge in [-0.05, 0) is 12.1 Å². The van der Waals surface area contributed by atoms with Crippen molar-refractivity contribution in [2.45, 2.75) is 6.04 Å². The summed E-state index contributed by atoms with van der Waals surface area (Å²) in [5.41, 5.74) is 5.98. The normalized spacial score (nSPS) is 11.8. The summed E-state index contributed by atoms with van der Waals surface area (Å²) in [5.74, 6) is -1.93. The van der Waals surface area contributed by atoms with Crippen LogP contribution < -0.4 is 11.1 Å². The summed E-state index contributed by atoms with van der Waals surface area (Å²) in [4.78, 5) is 22.1. The number of hydrogen-bond donors (Lipinski definition) is 4. The quantitative estimate of drug-likeness (QED) is 0.512. The number of aliphatic carboxylic acids is 1. The molecule has 0 fully saturated rings. The van der Waals surface area contributed by atoms with Crippen LogP contribution in [0.2, 0.25) is 0 Å². The number of carbonyl (C=O) groups is 2. The summed E-state index contributed by atoms with van der Waals surface area (Å²) in [6, 6.07) is 4.95. The highest BCUT2D eigenvalue weighted by Crippen LogP contribution is 2.10. The first-order chi connectivity index (χ1) is 7.56. The van der Waals surface area contributed by atoms with Gasteiger partial charge in [0.15, 0.2) is 6.04 Å². The Kier molecular flexibility index (Phi) is 3.84. The molecule has 0 unspecified atom stereocenters. The van der Waals surface area contributed by atoms with Crippen molar-refractivity contribution in [3.63, 3.8) is 0 Å².